The molecule has 112 valence electrons. The quantitative estimate of drug-likeness (QED) is 0.752. The predicted octanol–water partition coefficient (Wildman–Crippen LogP) is 1.39. The summed E-state index contributed by atoms with van der Waals surface area (Å²) in [6.07, 6.45) is 2.94. The number of aliphatic hydroxyl groups excluding tert-OH is 1. The second kappa shape index (κ2) is 8.47. The highest BCUT2D eigenvalue weighted by atomic mass is 16.3. The molecule has 20 heavy (non-hydrogen) atoms. The first kappa shape index (κ1) is 16.4. The van der Waals surface area contributed by atoms with Crippen LogP contribution in [-0.2, 0) is 0 Å². The fraction of sp³-hybridized carbons (Fsp3) is 0.643. The van der Waals surface area contributed by atoms with Crippen molar-refractivity contribution in [1.82, 2.24) is 15.1 Å². The number of rotatable bonds is 8. The maximum atomic E-state index is 11.7. The van der Waals surface area contributed by atoms with Gasteiger partial charge in [0, 0.05) is 27.2 Å². The number of hydrogen-bond donors (Lipinski definition) is 2. The van der Waals surface area contributed by atoms with Gasteiger partial charge >= 0.3 is 0 Å². The average molecular weight is 280 g/mol. The van der Waals surface area contributed by atoms with E-state index in [0.717, 1.165) is 25.8 Å². The van der Waals surface area contributed by atoms with Crippen molar-refractivity contribution in [2.45, 2.75) is 26.2 Å². The lowest BCUT2D eigenvalue weighted by molar-refractivity contribution is 0.0821. The number of anilines is 1. The molecule has 0 bridgehead atoms. The third-order valence-electron chi connectivity index (χ3n) is 3.10. The first-order valence-electron chi connectivity index (χ1n) is 6.98. The van der Waals surface area contributed by atoms with E-state index >= 15 is 0 Å². The molecule has 0 saturated heterocycles. The van der Waals surface area contributed by atoms with Crippen LogP contribution in [0.4, 0.5) is 5.82 Å². The number of carbonyl (C=O) groups excluding carboxylic acids is 1. The second-order valence-corrected chi connectivity index (χ2v) is 5.05. The number of amides is 1. The highest BCUT2D eigenvalue weighted by Gasteiger charge is 2.11. The highest BCUT2D eigenvalue weighted by Crippen LogP contribution is 2.12. The van der Waals surface area contributed by atoms with Gasteiger partial charge in [-0.05, 0) is 30.9 Å². The van der Waals surface area contributed by atoms with Crippen LogP contribution in [0.5, 0.6) is 0 Å². The molecule has 0 aliphatic rings. The number of nitrogens with zero attached hydrogens (tertiary/aromatic N) is 3. The largest absolute Gasteiger partial charge is 0.396 e. The van der Waals surface area contributed by atoms with E-state index in [1.165, 1.54) is 4.90 Å². The van der Waals surface area contributed by atoms with Crippen molar-refractivity contribution < 1.29 is 9.90 Å². The monoisotopic (exact) mass is 280 g/mol. The number of aliphatic hydroxyl groups is 1. The van der Waals surface area contributed by atoms with Crippen LogP contribution in [-0.4, -0.2) is 53.4 Å². The van der Waals surface area contributed by atoms with E-state index in [1.807, 2.05) is 0 Å². The van der Waals surface area contributed by atoms with Gasteiger partial charge in [-0.2, -0.15) is 0 Å². The standard InChI is InChI=1S/C14H24N4O2/c1-4-5-11(8-9-19)10-15-13-7-6-12(16-17-13)14(20)18(2)3/h6-7,11,19H,4-5,8-10H2,1-3H3,(H,15,17). The molecule has 1 amide bonds. The van der Waals surface area contributed by atoms with Gasteiger partial charge in [-0.3, -0.25) is 4.79 Å². The molecule has 2 N–H and O–H groups in total. The van der Waals surface area contributed by atoms with Gasteiger partial charge in [0.25, 0.3) is 5.91 Å². The molecule has 1 atom stereocenters. The van der Waals surface area contributed by atoms with Gasteiger partial charge in [0.1, 0.15) is 5.82 Å². The normalized spacial score (nSPS) is 12.0. The molecule has 0 aliphatic heterocycles. The van der Waals surface area contributed by atoms with Crippen LogP contribution in [0.2, 0.25) is 0 Å². The molecule has 1 heterocycles. The summed E-state index contributed by atoms with van der Waals surface area (Å²) in [5.41, 5.74) is 0.334. The summed E-state index contributed by atoms with van der Waals surface area (Å²) in [4.78, 5) is 13.1. The van der Waals surface area contributed by atoms with Crippen LogP contribution in [0.25, 0.3) is 0 Å². The fourth-order valence-corrected chi connectivity index (χ4v) is 1.96. The molecule has 1 aromatic heterocycles. The van der Waals surface area contributed by atoms with Crippen LogP contribution in [0.3, 0.4) is 0 Å². The van der Waals surface area contributed by atoms with Crippen LogP contribution in [0.1, 0.15) is 36.7 Å². The van der Waals surface area contributed by atoms with Crippen LogP contribution in [0.15, 0.2) is 12.1 Å². The van der Waals surface area contributed by atoms with E-state index in [-0.39, 0.29) is 12.5 Å². The molecule has 1 rings (SSSR count). The summed E-state index contributed by atoms with van der Waals surface area (Å²) < 4.78 is 0. The Bertz CT molecular complexity index is 400. The Labute approximate surface area is 120 Å². The predicted molar refractivity (Wildman–Crippen MR) is 78.6 cm³/mol. The van der Waals surface area contributed by atoms with Crippen LogP contribution >= 0.6 is 0 Å². The van der Waals surface area contributed by atoms with Crippen molar-refractivity contribution in [1.29, 1.82) is 0 Å². The third-order valence-corrected chi connectivity index (χ3v) is 3.10. The molecule has 0 radical (unpaired) electrons. The Hall–Kier alpha value is -1.69. The Morgan fingerprint density at radius 3 is 2.60 bits per heavy atom. The summed E-state index contributed by atoms with van der Waals surface area (Å²) in [7, 11) is 3.36. The topological polar surface area (TPSA) is 78.4 Å². The Morgan fingerprint density at radius 2 is 2.10 bits per heavy atom. The lowest BCUT2D eigenvalue weighted by atomic mass is 10.0. The Kier molecular flexibility index (Phi) is 6.93. The number of nitrogens with one attached hydrogen (secondary N) is 1. The molecule has 0 fully saturated rings. The number of hydrogen-bond acceptors (Lipinski definition) is 5. The minimum absolute atomic E-state index is 0.159. The molecular weight excluding hydrogens is 256 g/mol. The zero-order valence-electron chi connectivity index (χ0n) is 12.5. The molecule has 1 aromatic rings. The van der Waals surface area contributed by atoms with E-state index in [2.05, 4.69) is 22.4 Å². The maximum absolute atomic E-state index is 11.7. The third kappa shape index (κ3) is 5.13. The van der Waals surface area contributed by atoms with E-state index in [4.69, 9.17) is 5.11 Å². The molecule has 0 aliphatic carbocycles. The second-order valence-electron chi connectivity index (χ2n) is 5.05. The van der Waals surface area contributed by atoms with Crippen LogP contribution in [0, 0.1) is 5.92 Å². The average Bonchev–Trinajstić information content (AvgIpc) is 2.45. The minimum Gasteiger partial charge on any atom is -0.396 e. The van der Waals surface area contributed by atoms with E-state index in [1.54, 1.807) is 26.2 Å². The van der Waals surface area contributed by atoms with Gasteiger partial charge in [-0.15, -0.1) is 10.2 Å². The van der Waals surface area contributed by atoms with Gasteiger partial charge in [0.2, 0.25) is 0 Å². The van der Waals surface area contributed by atoms with Gasteiger partial charge in [0.15, 0.2) is 5.69 Å². The highest BCUT2D eigenvalue weighted by molar-refractivity contribution is 5.91. The molecular formula is C14H24N4O2. The van der Waals surface area contributed by atoms with E-state index in [0.29, 0.717) is 17.4 Å². The van der Waals surface area contributed by atoms with Crippen molar-refractivity contribution >= 4 is 11.7 Å². The molecule has 0 spiro atoms. The minimum atomic E-state index is -0.159. The molecule has 1 unspecified atom stereocenters. The molecule has 0 saturated carbocycles. The first-order valence-corrected chi connectivity index (χ1v) is 6.98. The van der Waals surface area contributed by atoms with Crippen molar-refractivity contribution in [2.75, 3.05) is 32.6 Å². The zero-order chi connectivity index (χ0) is 15.0. The fourth-order valence-electron chi connectivity index (χ4n) is 1.96. The summed E-state index contributed by atoms with van der Waals surface area (Å²) in [6, 6.07) is 3.42. The van der Waals surface area contributed by atoms with Crippen molar-refractivity contribution in [3.05, 3.63) is 17.8 Å². The summed E-state index contributed by atoms with van der Waals surface area (Å²) in [5.74, 6) is 0.919. The summed E-state index contributed by atoms with van der Waals surface area (Å²) in [6.45, 7) is 3.09. The smallest absolute Gasteiger partial charge is 0.273 e. The maximum Gasteiger partial charge on any atom is 0.273 e. The zero-order valence-corrected chi connectivity index (χ0v) is 12.5. The molecule has 6 nitrogen and oxygen atoms in total. The van der Waals surface area contributed by atoms with Gasteiger partial charge in [0.05, 0.1) is 0 Å². The first-order chi connectivity index (χ1) is 9.58. The Balaban J connectivity index is 2.54. The summed E-state index contributed by atoms with van der Waals surface area (Å²) in [5, 5.41) is 20.1. The van der Waals surface area contributed by atoms with E-state index < -0.39 is 0 Å². The van der Waals surface area contributed by atoms with Crippen molar-refractivity contribution in [2.24, 2.45) is 5.92 Å². The number of aromatic nitrogens is 2. The van der Waals surface area contributed by atoms with Gasteiger partial charge < -0.3 is 15.3 Å². The van der Waals surface area contributed by atoms with Crippen LogP contribution < -0.4 is 5.32 Å². The molecule has 6 heteroatoms. The Morgan fingerprint density at radius 1 is 1.35 bits per heavy atom. The van der Waals surface area contributed by atoms with Gasteiger partial charge in [-0.1, -0.05) is 13.3 Å². The molecule has 0 aromatic carbocycles. The lowest BCUT2D eigenvalue weighted by Crippen LogP contribution is -2.23. The summed E-state index contributed by atoms with van der Waals surface area (Å²) >= 11 is 0. The number of carbonyl (C=O) groups is 1. The van der Waals surface area contributed by atoms with Crippen molar-refractivity contribution in [3.8, 4) is 0 Å². The van der Waals surface area contributed by atoms with E-state index in [9.17, 15) is 4.79 Å². The SMILES string of the molecule is CCCC(CCO)CNc1ccc(C(=O)N(C)C)nn1. The van der Waals surface area contributed by atoms with Crippen molar-refractivity contribution in [3.63, 3.8) is 0 Å². The van der Waals surface area contributed by atoms with Gasteiger partial charge in [-0.25, -0.2) is 0 Å². The lowest BCUT2D eigenvalue weighted by Gasteiger charge is -2.16.